The van der Waals surface area contributed by atoms with E-state index in [2.05, 4.69) is 21.0 Å². The van der Waals surface area contributed by atoms with E-state index in [1.807, 2.05) is 49.6 Å². The average Bonchev–Trinajstić information content (AvgIpc) is 3.09. The summed E-state index contributed by atoms with van der Waals surface area (Å²) in [6.45, 7) is 1.98. The summed E-state index contributed by atoms with van der Waals surface area (Å²) in [5.41, 5.74) is 5.50. The molecule has 5 heteroatoms. The van der Waals surface area contributed by atoms with Crippen molar-refractivity contribution in [2.24, 2.45) is 0 Å². The molecule has 0 radical (unpaired) electrons. The van der Waals surface area contributed by atoms with Crippen molar-refractivity contribution in [3.8, 4) is 28.3 Å². The lowest BCUT2D eigenvalue weighted by Gasteiger charge is -2.09. The van der Waals surface area contributed by atoms with E-state index in [9.17, 15) is 0 Å². The minimum absolute atomic E-state index is 0.725. The predicted molar refractivity (Wildman–Crippen MR) is 93.8 cm³/mol. The number of hydrogen-bond donors (Lipinski definition) is 1. The average molecular weight is 316 g/mol. The molecule has 4 aromatic heterocycles. The highest BCUT2D eigenvalue weighted by atomic mass is 16.5. The summed E-state index contributed by atoms with van der Waals surface area (Å²) in [4.78, 5) is 16.8. The SMILES string of the molecule is COc1cncc(-c2cc(-c3cccc(C)n3)nc3[nH]ccc23)c1. The predicted octanol–water partition coefficient (Wildman–Crippen LogP) is 4.00. The van der Waals surface area contributed by atoms with Crippen LogP contribution in [0.25, 0.3) is 33.5 Å². The van der Waals surface area contributed by atoms with E-state index in [1.165, 1.54) is 0 Å². The summed E-state index contributed by atoms with van der Waals surface area (Å²) in [5, 5.41) is 1.04. The van der Waals surface area contributed by atoms with Crippen LogP contribution in [0.15, 0.2) is 55.0 Å². The third kappa shape index (κ3) is 2.50. The Bertz CT molecular complexity index is 1020. The van der Waals surface area contributed by atoms with Crippen LogP contribution in [-0.4, -0.2) is 27.0 Å². The Morgan fingerprint density at radius 2 is 1.92 bits per heavy atom. The van der Waals surface area contributed by atoms with Crippen LogP contribution in [0, 0.1) is 6.92 Å². The molecule has 0 atom stereocenters. The zero-order valence-corrected chi connectivity index (χ0v) is 13.4. The van der Waals surface area contributed by atoms with Gasteiger partial charge in [-0.3, -0.25) is 9.97 Å². The molecule has 4 rings (SSSR count). The molecule has 1 N–H and O–H groups in total. The van der Waals surface area contributed by atoms with Crippen molar-refractivity contribution in [1.29, 1.82) is 0 Å². The first-order valence-corrected chi connectivity index (χ1v) is 7.66. The molecule has 118 valence electrons. The maximum atomic E-state index is 5.30. The molecule has 0 aliphatic heterocycles. The minimum Gasteiger partial charge on any atom is -0.495 e. The number of methoxy groups -OCH3 is 1. The number of nitrogens with zero attached hydrogens (tertiary/aromatic N) is 3. The summed E-state index contributed by atoms with van der Waals surface area (Å²) >= 11 is 0. The van der Waals surface area contributed by atoms with E-state index in [-0.39, 0.29) is 0 Å². The molecular formula is C19H16N4O. The molecule has 0 saturated heterocycles. The van der Waals surface area contributed by atoms with Crippen LogP contribution in [0.4, 0.5) is 0 Å². The first kappa shape index (κ1) is 14.4. The van der Waals surface area contributed by atoms with Gasteiger partial charge in [0, 0.05) is 29.0 Å². The van der Waals surface area contributed by atoms with Crippen molar-refractivity contribution in [3.05, 3.63) is 60.7 Å². The molecule has 0 saturated carbocycles. The lowest BCUT2D eigenvalue weighted by atomic mass is 10.0. The maximum absolute atomic E-state index is 5.30. The Balaban J connectivity index is 1.95. The van der Waals surface area contributed by atoms with E-state index >= 15 is 0 Å². The number of aromatic amines is 1. The second kappa shape index (κ2) is 5.77. The number of hydrogen-bond acceptors (Lipinski definition) is 4. The lowest BCUT2D eigenvalue weighted by Crippen LogP contribution is -1.93. The first-order valence-electron chi connectivity index (χ1n) is 7.66. The molecule has 0 aliphatic rings. The fourth-order valence-corrected chi connectivity index (χ4v) is 2.77. The number of aromatic nitrogens is 4. The molecule has 0 aliphatic carbocycles. The number of rotatable bonds is 3. The zero-order valence-electron chi connectivity index (χ0n) is 13.4. The monoisotopic (exact) mass is 316 g/mol. The first-order chi connectivity index (χ1) is 11.7. The van der Waals surface area contributed by atoms with E-state index in [4.69, 9.17) is 9.72 Å². The summed E-state index contributed by atoms with van der Waals surface area (Å²) in [5.74, 6) is 0.725. The second-order valence-corrected chi connectivity index (χ2v) is 5.57. The fourth-order valence-electron chi connectivity index (χ4n) is 2.77. The lowest BCUT2D eigenvalue weighted by molar-refractivity contribution is 0.413. The van der Waals surface area contributed by atoms with Crippen LogP contribution in [-0.2, 0) is 0 Å². The topological polar surface area (TPSA) is 63.7 Å². The van der Waals surface area contributed by atoms with E-state index in [0.717, 1.165) is 45.0 Å². The van der Waals surface area contributed by atoms with Crippen LogP contribution in [0.1, 0.15) is 5.69 Å². The van der Waals surface area contributed by atoms with Gasteiger partial charge in [0.15, 0.2) is 0 Å². The quantitative estimate of drug-likeness (QED) is 0.620. The second-order valence-electron chi connectivity index (χ2n) is 5.57. The van der Waals surface area contributed by atoms with Gasteiger partial charge in [-0.2, -0.15) is 0 Å². The van der Waals surface area contributed by atoms with Gasteiger partial charge in [-0.1, -0.05) is 6.07 Å². The van der Waals surface area contributed by atoms with Crippen LogP contribution in [0.3, 0.4) is 0 Å². The number of aryl methyl sites for hydroxylation is 1. The highest BCUT2D eigenvalue weighted by Crippen LogP contribution is 2.32. The molecule has 4 aromatic rings. The Hall–Kier alpha value is -3.21. The van der Waals surface area contributed by atoms with Crippen molar-refractivity contribution in [1.82, 2.24) is 19.9 Å². The van der Waals surface area contributed by atoms with Gasteiger partial charge in [0.05, 0.1) is 24.7 Å². The van der Waals surface area contributed by atoms with Gasteiger partial charge in [0.1, 0.15) is 11.4 Å². The normalized spacial score (nSPS) is 10.9. The molecule has 0 amide bonds. The Kier molecular flexibility index (Phi) is 3.46. The fraction of sp³-hybridized carbons (Fsp3) is 0.105. The number of fused-ring (bicyclic) bond motifs is 1. The smallest absolute Gasteiger partial charge is 0.138 e. The molecule has 0 bridgehead atoms. The highest BCUT2D eigenvalue weighted by Gasteiger charge is 2.12. The van der Waals surface area contributed by atoms with Crippen molar-refractivity contribution >= 4 is 11.0 Å². The van der Waals surface area contributed by atoms with Crippen LogP contribution in [0.5, 0.6) is 5.75 Å². The van der Waals surface area contributed by atoms with Gasteiger partial charge in [-0.05, 0) is 42.8 Å². The summed E-state index contributed by atoms with van der Waals surface area (Å²) in [6.07, 6.45) is 5.42. The van der Waals surface area contributed by atoms with Crippen molar-refractivity contribution in [2.45, 2.75) is 6.92 Å². The molecular weight excluding hydrogens is 300 g/mol. The van der Waals surface area contributed by atoms with Gasteiger partial charge in [0.25, 0.3) is 0 Å². The van der Waals surface area contributed by atoms with Crippen molar-refractivity contribution < 1.29 is 4.74 Å². The van der Waals surface area contributed by atoms with Gasteiger partial charge >= 0.3 is 0 Å². The molecule has 0 aromatic carbocycles. The van der Waals surface area contributed by atoms with Crippen LogP contribution in [0.2, 0.25) is 0 Å². The van der Waals surface area contributed by atoms with Gasteiger partial charge < -0.3 is 9.72 Å². The molecule has 0 spiro atoms. The van der Waals surface area contributed by atoms with E-state index in [1.54, 1.807) is 13.3 Å². The summed E-state index contributed by atoms with van der Waals surface area (Å²) in [7, 11) is 1.64. The molecule has 0 unspecified atom stereocenters. The van der Waals surface area contributed by atoms with Crippen LogP contribution >= 0.6 is 0 Å². The van der Waals surface area contributed by atoms with Gasteiger partial charge in [-0.25, -0.2) is 4.98 Å². The zero-order chi connectivity index (χ0) is 16.5. The molecule has 4 heterocycles. The number of nitrogens with one attached hydrogen (secondary N) is 1. The minimum atomic E-state index is 0.725. The summed E-state index contributed by atoms with van der Waals surface area (Å²) in [6, 6.07) is 12.0. The van der Waals surface area contributed by atoms with Crippen LogP contribution < -0.4 is 4.74 Å². The third-order valence-electron chi connectivity index (χ3n) is 3.94. The van der Waals surface area contributed by atoms with E-state index < -0.39 is 0 Å². The van der Waals surface area contributed by atoms with Gasteiger partial charge in [0.2, 0.25) is 0 Å². The number of ether oxygens (including phenoxy) is 1. The highest BCUT2D eigenvalue weighted by molar-refractivity contribution is 5.95. The molecule has 0 fully saturated rings. The van der Waals surface area contributed by atoms with Gasteiger partial charge in [-0.15, -0.1) is 0 Å². The third-order valence-corrected chi connectivity index (χ3v) is 3.94. The largest absolute Gasteiger partial charge is 0.495 e. The van der Waals surface area contributed by atoms with E-state index in [0.29, 0.717) is 0 Å². The summed E-state index contributed by atoms with van der Waals surface area (Å²) < 4.78 is 5.30. The number of pyridine rings is 3. The molecule has 5 nitrogen and oxygen atoms in total. The molecule has 24 heavy (non-hydrogen) atoms. The Morgan fingerprint density at radius 1 is 1.00 bits per heavy atom. The number of H-pyrrole nitrogens is 1. The standard InChI is InChI=1S/C19H16N4O/c1-12-4-3-5-17(22-12)18-9-16(15-6-7-21-19(15)23-18)13-8-14(24-2)11-20-10-13/h3-11H,1-2H3,(H,21,23). The Labute approximate surface area is 139 Å². The van der Waals surface area contributed by atoms with Crippen molar-refractivity contribution in [3.63, 3.8) is 0 Å². The maximum Gasteiger partial charge on any atom is 0.138 e. The Morgan fingerprint density at radius 3 is 2.75 bits per heavy atom. The van der Waals surface area contributed by atoms with Crippen molar-refractivity contribution in [2.75, 3.05) is 7.11 Å².